The second kappa shape index (κ2) is 59.8. The van der Waals surface area contributed by atoms with Crippen molar-refractivity contribution < 1.29 is 37.3 Å². The molecule has 0 aliphatic rings. The highest BCUT2D eigenvalue weighted by molar-refractivity contribution is 7.45. The minimum Gasteiger partial charge on any atom is -0.756 e. The highest BCUT2D eigenvalue weighted by Gasteiger charge is 2.27. The largest absolute Gasteiger partial charge is 0.756 e. The molecule has 0 saturated carbocycles. The van der Waals surface area contributed by atoms with Gasteiger partial charge in [0.25, 0.3) is 7.82 Å². The first-order chi connectivity index (χ1) is 39.4. The number of amides is 1. The second-order valence-electron chi connectivity index (χ2n) is 23.2. The number of allylic oxidation sites excluding steroid dienone is 17. The number of ether oxygens (including phenoxy) is 1. The summed E-state index contributed by atoms with van der Waals surface area (Å²) in [6, 6.07) is -0.908. The summed E-state index contributed by atoms with van der Waals surface area (Å²) >= 11 is 0. The van der Waals surface area contributed by atoms with Gasteiger partial charge in [-0.15, -0.1) is 0 Å². The minimum atomic E-state index is -4.72. The van der Waals surface area contributed by atoms with E-state index in [-0.39, 0.29) is 24.9 Å². The molecule has 3 unspecified atom stereocenters. The molecule has 0 fully saturated rings. The summed E-state index contributed by atoms with van der Waals surface area (Å²) < 4.78 is 30.4. The molecule has 0 bridgehead atoms. The highest BCUT2D eigenvalue weighted by Crippen LogP contribution is 2.38. The van der Waals surface area contributed by atoms with E-state index < -0.39 is 26.6 Å². The first-order valence-corrected chi connectivity index (χ1v) is 34.7. The summed E-state index contributed by atoms with van der Waals surface area (Å²) in [5.41, 5.74) is 0. The van der Waals surface area contributed by atoms with Crippen molar-refractivity contribution in [2.45, 2.75) is 290 Å². The summed E-state index contributed by atoms with van der Waals surface area (Å²) in [4.78, 5) is 40.1. The van der Waals surface area contributed by atoms with Crippen molar-refractivity contribution in [2.24, 2.45) is 0 Å². The van der Waals surface area contributed by atoms with Crippen molar-refractivity contribution in [3.05, 3.63) is 109 Å². The molecule has 0 aliphatic heterocycles. The van der Waals surface area contributed by atoms with E-state index in [1.165, 1.54) is 116 Å². The number of quaternary nitrogens is 1. The molecule has 0 spiro atoms. The Bertz CT molecular complexity index is 1750. The van der Waals surface area contributed by atoms with Crippen LogP contribution in [0.15, 0.2) is 109 Å². The maximum atomic E-state index is 13.6. The van der Waals surface area contributed by atoms with Crippen LogP contribution in [0.4, 0.5) is 0 Å². The SMILES string of the molecule is CC/C=C\C/C=C\C/C=C\C/C=C\C/C=C\CCCCCCCCCCCC(=O)NC(COP(=O)([O-])OCC[N+](C)(C)C)C(/C=C\CCCCCCCCCCCCC)OC(=O)CCCCCC/C=C\C/C=C\C/C=C\CCCCC. The summed E-state index contributed by atoms with van der Waals surface area (Å²) in [6.45, 7) is 6.69. The Labute approximate surface area is 500 Å². The monoisotopic (exact) mass is 1150 g/mol. The fraction of sp³-hybridized carbons (Fsp3) is 0.718. The lowest BCUT2D eigenvalue weighted by Gasteiger charge is -2.30. The Morgan fingerprint density at radius 2 is 0.790 bits per heavy atom. The van der Waals surface area contributed by atoms with E-state index in [0.29, 0.717) is 23.9 Å². The van der Waals surface area contributed by atoms with Crippen LogP contribution in [0.25, 0.3) is 0 Å². The van der Waals surface area contributed by atoms with Crippen LogP contribution >= 0.6 is 7.82 Å². The maximum absolute atomic E-state index is 13.6. The van der Waals surface area contributed by atoms with Crippen LogP contribution in [-0.4, -0.2) is 69.4 Å². The van der Waals surface area contributed by atoms with Crippen LogP contribution in [0.2, 0.25) is 0 Å². The number of likely N-dealkylation sites (N-methyl/N-ethyl adjacent to an activating group) is 1. The van der Waals surface area contributed by atoms with Crippen molar-refractivity contribution in [2.75, 3.05) is 40.9 Å². The molecule has 0 heterocycles. The smallest absolute Gasteiger partial charge is 0.306 e. The molecule has 1 amide bonds. The zero-order chi connectivity index (χ0) is 59.3. The third-order valence-electron chi connectivity index (χ3n) is 14.2. The standard InChI is InChI=1S/C71H125N2O7P/c1-7-10-13-16-19-22-25-28-30-32-33-34-35-36-37-38-39-41-42-45-48-51-54-57-60-63-70(74)72-68(67-79-81(76,77)78-66-65-73(4,5)6)69(62-59-56-53-50-47-44-27-24-21-18-15-12-9-3)80-71(75)64-61-58-55-52-49-46-43-40-31-29-26-23-20-17-14-11-8-2/h10,13,19-20,22-23,28-31,33-34,36-37,43,46,59,62,68-69H,7-9,11-12,14-18,21,24-27,32,35,38-42,44-45,47-58,60-61,63-67H2,1-6H3,(H-,72,74,76,77)/b13-10-,22-19-,23-20-,30-28-,31-29-,34-33-,37-36-,46-43-,62-59-. The minimum absolute atomic E-state index is 0.0324. The van der Waals surface area contributed by atoms with Gasteiger partial charge in [-0.05, 0) is 115 Å². The summed E-state index contributed by atoms with van der Waals surface area (Å²) in [5, 5.41) is 3.03. The Morgan fingerprint density at radius 1 is 0.444 bits per heavy atom. The van der Waals surface area contributed by atoms with E-state index in [0.717, 1.165) is 122 Å². The molecule has 1 N–H and O–H groups in total. The molecular weight excluding hydrogens is 1020 g/mol. The zero-order valence-electron chi connectivity index (χ0n) is 53.2. The lowest BCUT2D eigenvalue weighted by molar-refractivity contribution is -0.870. The Kier molecular flexibility index (Phi) is 57.4. The number of carbonyl (C=O) groups excluding carboxylic acids is 2. The molecule has 3 atom stereocenters. The van der Waals surface area contributed by atoms with Crippen LogP contribution < -0.4 is 10.2 Å². The molecule has 0 aliphatic carbocycles. The van der Waals surface area contributed by atoms with Crippen LogP contribution in [-0.2, 0) is 27.9 Å². The Hall–Kier alpha value is -3.33. The van der Waals surface area contributed by atoms with Crippen molar-refractivity contribution in [3.8, 4) is 0 Å². The van der Waals surface area contributed by atoms with Crippen molar-refractivity contribution in [3.63, 3.8) is 0 Å². The molecule has 10 heteroatoms. The first kappa shape index (κ1) is 77.7. The van der Waals surface area contributed by atoms with Crippen LogP contribution in [0.3, 0.4) is 0 Å². The van der Waals surface area contributed by atoms with Gasteiger partial charge in [-0.25, -0.2) is 0 Å². The number of carbonyl (C=O) groups is 2. The maximum Gasteiger partial charge on any atom is 0.306 e. The highest BCUT2D eigenvalue weighted by atomic mass is 31.2. The number of hydrogen-bond acceptors (Lipinski definition) is 7. The van der Waals surface area contributed by atoms with Gasteiger partial charge in [0.1, 0.15) is 19.3 Å². The first-order valence-electron chi connectivity index (χ1n) is 33.2. The molecule has 0 radical (unpaired) electrons. The molecule has 0 saturated heterocycles. The van der Waals surface area contributed by atoms with E-state index >= 15 is 0 Å². The number of phosphoric acid groups is 1. The third kappa shape index (κ3) is 61.1. The molecule has 466 valence electrons. The van der Waals surface area contributed by atoms with Crippen molar-refractivity contribution in [1.29, 1.82) is 0 Å². The number of hydrogen-bond donors (Lipinski definition) is 1. The lowest BCUT2D eigenvalue weighted by atomic mass is 10.0. The zero-order valence-corrected chi connectivity index (χ0v) is 54.1. The van der Waals surface area contributed by atoms with Gasteiger partial charge in [0.05, 0.1) is 33.8 Å². The molecule has 81 heavy (non-hydrogen) atoms. The second-order valence-corrected chi connectivity index (χ2v) is 24.6. The van der Waals surface area contributed by atoms with Gasteiger partial charge in [-0.3, -0.25) is 14.2 Å². The fourth-order valence-corrected chi connectivity index (χ4v) is 9.81. The Balaban J connectivity index is 5.22. The molecule has 0 aromatic carbocycles. The van der Waals surface area contributed by atoms with Crippen LogP contribution in [0.5, 0.6) is 0 Å². The lowest BCUT2D eigenvalue weighted by Crippen LogP contribution is -2.47. The van der Waals surface area contributed by atoms with Gasteiger partial charge in [0, 0.05) is 12.8 Å². The third-order valence-corrected chi connectivity index (χ3v) is 15.2. The average Bonchev–Trinajstić information content (AvgIpc) is 3.44. The van der Waals surface area contributed by atoms with E-state index in [1.54, 1.807) is 0 Å². The topological polar surface area (TPSA) is 114 Å². The number of phosphoric ester groups is 1. The normalized spacial score (nSPS) is 14.3. The number of nitrogens with one attached hydrogen (secondary N) is 1. The van der Waals surface area contributed by atoms with Crippen molar-refractivity contribution in [1.82, 2.24) is 5.32 Å². The number of rotatable bonds is 59. The van der Waals surface area contributed by atoms with Crippen LogP contribution in [0, 0.1) is 0 Å². The summed E-state index contributed by atoms with van der Waals surface area (Å²) in [5.74, 6) is -0.575. The summed E-state index contributed by atoms with van der Waals surface area (Å²) in [6.07, 6.45) is 82.0. The van der Waals surface area contributed by atoms with Gasteiger partial charge < -0.3 is 28.5 Å². The fourth-order valence-electron chi connectivity index (χ4n) is 9.08. The van der Waals surface area contributed by atoms with Gasteiger partial charge in [-0.2, -0.15) is 0 Å². The van der Waals surface area contributed by atoms with E-state index in [4.69, 9.17) is 13.8 Å². The van der Waals surface area contributed by atoms with Gasteiger partial charge >= 0.3 is 5.97 Å². The summed E-state index contributed by atoms with van der Waals surface area (Å²) in [7, 11) is 1.16. The number of esters is 1. The molecular formula is C71H125N2O7P. The van der Waals surface area contributed by atoms with Crippen molar-refractivity contribution >= 4 is 19.7 Å². The molecule has 0 aromatic heterocycles. The molecule has 0 rings (SSSR count). The van der Waals surface area contributed by atoms with Gasteiger partial charge in [-0.1, -0.05) is 259 Å². The van der Waals surface area contributed by atoms with E-state index in [9.17, 15) is 19.0 Å². The van der Waals surface area contributed by atoms with E-state index in [2.05, 4.69) is 123 Å². The molecule has 0 aromatic rings. The number of nitrogens with zero attached hydrogens (tertiary/aromatic N) is 1. The average molecular weight is 1150 g/mol. The van der Waals surface area contributed by atoms with Gasteiger partial charge in [0.2, 0.25) is 5.91 Å². The van der Waals surface area contributed by atoms with Gasteiger partial charge in [0.15, 0.2) is 0 Å². The Morgan fingerprint density at radius 3 is 1.21 bits per heavy atom. The number of unbranched alkanes of at least 4 members (excludes halogenated alkanes) is 27. The predicted octanol–water partition coefficient (Wildman–Crippen LogP) is 20.3. The molecule has 9 nitrogen and oxygen atoms in total. The quantitative estimate of drug-likeness (QED) is 0.0212. The van der Waals surface area contributed by atoms with E-state index in [1.807, 2.05) is 33.3 Å². The predicted molar refractivity (Wildman–Crippen MR) is 348 cm³/mol. The van der Waals surface area contributed by atoms with Crippen LogP contribution in [0.1, 0.15) is 278 Å².